The molecule has 0 N–H and O–H groups in total. The van der Waals surface area contributed by atoms with Crippen molar-refractivity contribution >= 4 is 29.5 Å². The molecule has 2 atom stereocenters. The maximum Gasteiger partial charge on any atom is 0.123 e. The van der Waals surface area contributed by atoms with Crippen LogP contribution in [0.2, 0.25) is 10.0 Å². The van der Waals surface area contributed by atoms with Crippen molar-refractivity contribution in [1.82, 2.24) is 0 Å². The number of rotatable bonds is 2. The number of carbonyl (C=O) groups is 1. The molecule has 0 heterocycles. The van der Waals surface area contributed by atoms with Crippen molar-refractivity contribution in [3.63, 3.8) is 0 Å². The Hall–Kier alpha value is -0.530. The topological polar surface area (TPSA) is 17.1 Å². The average molecular weight is 283 g/mol. The largest absolute Gasteiger partial charge is 0.303 e. The molecule has 0 amide bonds. The van der Waals surface area contributed by atoms with E-state index in [-0.39, 0.29) is 5.92 Å². The lowest BCUT2D eigenvalue weighted by Gasteiger charge is -2.47. The number of hydrogen-bond acceptors (Lipinski definition) is 1. The fourth-order valence-corrected chi connectivity index (χ4v) is 4.21. The Bertz CT molecular complexity index is 464. The monoisotopic (exact) mass is 282 g/mol. The highest BCUT2D eigenvalue weighted by molar-refractivity contribution is 6.42. The van der Waals surface area contributed by atoms with E-state index in [1.54, 1.807) is 0 Å². The lowest BCUT2D eigenvalue weighted by molar-refractivity contribution is -0.116. The molecule has 0 spiro atoms. The average Bonchev–Trinajstić information content (AvgIpc) is 2.42. The number of aldehydes is 1. The van der Waals surface area contributed by atoms with Crippen LogP contribution < -0.4 is 0 Å². The van der Waals surface area contributed by atoms with Crippen LogP contribution in [0.25, 0.3) is 0 Å². The molecule has 3 fully saturated rings. The summed E-state index contributed by atoms with van der Waals surface area (Å²) in [7, 11) is 0. The second-order valence-electron chi connectivity index (χ2n) is 5.59. The maximum atomic E-state index is 11.4. The molecule has 1 nitrogen and oxygen atoms in total. The Balaban J connectivity index is 1.98. The summed E-state index contributed by atoms with van der Waals surface area (Å²) in [6.07, 6.45) is 6.10. The van der Waals surface area contributed by atoms with Crippen molar-refractivity contribution in [2.75, 3.05) is 0 Å². The normalized spacial score (nSPS) is 34.6. The highest BCUT2D eigenvalue weighted by Crippen LogP contribution is 2.52. The molecule has 96 valence electrons. The van der Waals surface area contributed by atoms with Gasteiger partial charge in [-0.05, 0) is 61.1 Å². The van der Waals surface area contributed by atoms with E-state index >= 15 is 0 Å². The van der Waals surface area contributed by atoms with Crippen molar-refractivity contribution in [2.24, 2.45) is 17.8 Å². The molecular weight excluding hydrogens is 267 g/mol. The molecule has 0 radical (unpaired) electrons. The zero-order valence-electron chi connectivity index (χ0n) is 10.1. The fraction of sp³-hybridized carbons (Fsp3) is 0.533. The van der Waals surface area contributed by atoms with Gasteiger partial charge in [0.05, 0.1) is 10.0 Å². The van der Waals surface area contributed by atoms with Crippen LogP contribution in [0.15, 0.2) is 18.2 Å². The number of halogens is 2. The predicted octanol–water partition coefficient (Wildman–Crippen LogP) is 4.71. The van der Waals surface area contributed by atoms with Gasteiger partial charge < -0.3 is 4.79 Å². The highest BCUT2D eigenvalue weighted by Gasteiger charge is 2.44. The van der Waals surface area contributed by atoms with E-state index in [9.17, 15) is 4.79 Å². The van der Waals surface area contributed by atoms with Crippen LogP contribution >= 0.6 is 23.2 Å². The first kappa shape index (κ1) is 12.5. The second kappa shape index (κ2) is 4.86. The predicted molar refractivity (Wildman–Crippen MR) is 74.2 cm³/mol. The number of benzene rings is 1. The Morgan fingerprint density at radius 1 is 1.00 bits per heavy atom. The van der Waals surface area contributed by atoms with Crippen molar-refractivity contribution in [3.8, 4) is 0 Å². The van der Waals surface area contributed by atoms with Gasteiger partial charge in [0.2, 0.25) is 0 Å². The second-order valence-corrected chi connectivity index (χ2v) is 6.40. The van der Waals surface area contributed by atoms with Crippen LogP contribution in [0.4, 0.5) is 0 Å². The molecule has 4 rings (SSSR count). The van der Waals surface area contributed by atoms with E-state index in [2.05, 4.69) is 0 Å². The first-order chi connectivity index (χ1) is 8.70. The smallest absolute Gasteiger partial charge is 0.123 e. The SMILES string of the molecule is O=C[C@H]1C2CCC(CC2)[C@@H]1c1ccc(Cl)c(Cl)c1. The standard InChI is InChI=1S/C15H16Cl2O/c16-13-6-5-11(7-14(13)17)15-10-3-1-9(2-4-10)12(15)8-18/h5-10,12,15H,1-4H2/t9?,10?,12-,15+/m0/s1. The summed E-state index contributed by atoms with van der Waals surface area (Å²) in [6, 6.07) is 5.84. The van der Waals surface area contributed by atoms with E-state index in [1.807, 2.05) is 18.2 Å². The van der Waals surface area contributed by atoms with Gasteiger partial charge in [0, 0.05) is 5.92 Å². The molecule has 0 aliphatic heterocycles. The molecule has 0 saturated heterocycles. The van der Waals surface area contributed by atoms with Gasteiger partial charge in [0.25, 0.3) is 0 Å². The molecule has 0 aromatic heterocycles. The summed E-state index contributed by atoms with van der Waals surface area (Å²) in [5.41, 5.74) is 1.19. The minimum Gasteiger partial charge on any atom is -0.303 e. The minimum atomic E-state index is 0.176. The maximum absolute atomic E-state index is 11.4. The zero-order valence-corrected chi connectivity index (χ0v) is 11.6. The molecule has 1 aromatic rings. The fourth-order valence-electron chi connectivity index (χ4n) is 3.91. The van der Waals surface area contributed by atoms with Gasteiger partial charge >= 0.3 is 0 Å². The van der Waals surface area contributed by atoms with E-state index in [0.717, 1.165) is 0 Å². The number of carbonyl (C=O) groups excluding carboxylic acids is 1. The lowest BCUT2D eigenvalue weighted by atomic mass is 9.57. The van der Waals surface area contributed by atoms with Gasteiger partial charge in [0.15, 0.2) is 0 Å². The summed E-state index contributed by atoms with van der Waals surface area (Å²) in [5.74, 6) is 1.74. The molecule has 2 bridgehead atoms. The van der Waals surface area contributed by atoms with E-state index in [1.165, 1.54) is 37.5 Å². The quantitative estimate of drug-likeness (QED) is 0.718. The van der Waals surface area contributed by atoms with Gasteiger partial charge in [-0.25, -0.2) is 0 Å². The summed E-state index contributed by atoms with van der Waals surface area (Å²) >= 11 is 12.1. The van der Waals surface area contributed by atoms with Crippen LogP contribution in [-0.4, -0.2) is 6.29 Å². The van der Waals surface area contributed by atoms with E-state index in [0.29, 0.717) is 27.8 Å². The zero-order chi connectivity index (χ0) is 12.7. The van der Waals surface area contributed by atoms with E-state index < -0.39 is 0 Å². The number of fused-ring (bicyclic) bond motifs is 3. The van der Waals surface area contributed by atoms with Gasteiger partial charge in [-0.1, -0.05) is 29.3 Å². The van der Waals surface area contributed by atoms with Crippen LogP contribution in [0.3, 0.4) is 0 Å². The van der Waals surface area contributed by atoms with Gasteiger partial charge in [-0.3, -0.25) is 0 Å². The summed E-state index contributed by atoms with van der Waals surface area (Å²) in [4.78, 5) is 11.4. The molecular formula is C15H16Cl2O. The van der Waals surface area contributed by atoms with Crippen LogP contribution in [0.1, 0.15) is 37.2 Å². The third-order valence-electron chi connectivity index (χ3n) is 4.77. The molecule has 3 aliphatic rings. The third kappa shape index (κ3) is 1.98. The van der Waals surface area contributed by atoms with Crippen molar-refractivity contribution in [2.45, 2.75) is 31.6 Å². The van der Waals surface area contributed by atoms with Gasteiger partial charge in [-0.15, -0.1) is 0 Å². The molecule has 0 unspecified atom stereocenters. The van der Waals surface area contributed by atoms with Crippen molar-refractivity contribution in [3.05, 3.63) is 33.8 Å². The van der Waals surface area contributed by atoms with Gasteiger partial charge in [0.1, 0.15) is 6.29 Å². The molecule has 3 heteroatoms. The minimum absolute atomic E-state index is 0.176. The van der Waals surface area contributed by atoms with Crippen LogP contribution in [-0.2, 0) is 4.79 Å². The van der Waals surface area contributed by atoms with Crippen LogP contribution in [0.5, 0.6) is 0 Å². The Labute approximate surface area is 117 Å². The van der Waals surface area contributed by atoms with Crippen molar-refractivity contribution in [1.29, 1.82) is 0 Å². The van der Waals surface area contributed by atoms with Crippen LogP contribution in [0, 0.1) is 17.8 Å². The summed E-state index contributed by atoms with van der Waals surface area (Å²) < 4.78 is 0. The van der Waals surface area contributed by atoms with Crippen molar-refractivity contribution < 1.29 is 4.79 Å². The molecule has 1 aromatic carbocycles. The Morgan fingerprint density at radius 3 is 2.28 bits per heavy atom. The summed E-state index contributed by atoms with van der Waals surface area (Å²) in [5, 5.41) is 1.18. The third-order valence-corrected chi connectivity index (χ3v) is 5.51. The van der Waals surface area contributed by atoms with Gasteiger partial charge in [-0.2, -0.15) is 0 Å². The molecule has 18 heavy (non-hydrogen) atoms. The highest BCUT2D eigenvalue weighted by atomic mass is 35.5. The Morgan fingerprint density at radius 2 is 1.67 bits per heavy atom. The molecule has 3 aliphatic carbocycles. The number of hydrogen-bond donors (Lipinski definition) is 0. The summed E-state index contributed by atoms with van der Waals surface area (Å²) in [6.45, 7) is 0. The Kier molecular flexibility index (Phi) is 3.38. The first-order valence-electron chi connectivity index (χ1n) is 6.61. The van der Waals surface area contributed by atoms with E-state index in [4.69, 9.17) is 23.2 Å². The molecule has 3 saturated carbocycles. The first-order valence-corrected chi connectivity index (χ1v) is 7.36. The lowest BCUT2D eigenvalue weighted by Crippen LogP contribution is -2.39.